The quantitative estimate of drug-likeness (QED) is 0.161. The van der Waals surface area contributed by atoms with Gasteiger partial charge in [-0.25, -0.2) is 9.78 Å². The van der Waals surface area contributed by atoms with Crippen LogP contribution in [0.25, 0.3) is 23.0 Å². The van der Waals surface area contributed by atoms with Crippen molar-refractivity contribution in [2.45, 2.75) is 13.5 Å². The third-order valence-electron chi connectivity index (χ3n) is 4.93. The standard InChI is InChI=1S/C25H21N3O5/c1-2-32-25(29)21(24-26-14-15-27(24)17-18-8-4-3-5-9-18)16-19-12-13-23(33-19)20-10-6-7-11-22(20)28(30)31/h3-16H,2,17H2,1H3/b21-16+. The molecule has 0 radical (unpaired) electrons. The molecule has 2 aromatic heterocycles. The maximum atomic E-state index is 12.8. The van der Waals surface area contributed by atoms with Crippen LogP contribution in [0.3, 0.4) is 0 Å². The van der Waals surface area contributed by atoms with E-state index in [1.807, 2.05) is 34.9 Å². The predicted octanol–water partition coefficient (Wildman–Crippen LogP) is 5.20. The number of carbonyl (C=O) groups is 1. The van der Waals surface area contributed by atoms with Gasteiger partial charge in [-0.05, 0) is 36.8 Å². The highest BCUT2D eigenvalue weighted by Crippen LogP contribution is 2.32. The number of esters is 1. The number of nitrogens with zero attached hydrogens (tertiary/aromatic N) is 3. The average molecular weight is 443 g/mol. The van der Waals surface area contributed by atoms with Crippen molar-refractivity contribution in [2.75, 3.05) is 6.61 Å². The lowest BCUT2D eigenvalue weighted by Crippen LogP contribution is -2.12. The molecule has 0 unspecified atom stereocenters. The summed E-state index contributed by atoms with van der Waals surface area (Å²) in [6.45, 7) is 2.45. The first-order valence-electron chi connectivity index (χ1n) is 10.3. The van der Waals surface area contributed by atoms with E-state index in [0.717, 1.165) is 5.56 Å². The van der Waals surface area contributed by atoms with Crippen LogP contribution in [0.15, 0.2) is 83.5 Å². The molecular weight excluding hydrogens is 422 g/mol. The minimum Gasteiger partial charge on any atom is -0.462 e. The van der Waals surface area contributed by atoms with Crippen LogP contribution in [-0.4, -0.2) is 27.1 Å². The van der Waals surface area contributed by atoms with E-state index in [4.69, 9.17) is 9.15 Å². The van der Waals surface area contributed by atoms with Crippen LogP contribution in [0.5, 0.6) is 0 Å². The highest BCUT2D eigenvalue weighted by atomic mass is 16.6. The number of benzene rings is 2. The lowest BCUT2D eigenvalue weighted by atomic mass is 10.1. The Morgan fingerprint density at radius 1 is 1.12 bits per heavy atom. The molecule has 4 rings (SSSR count). The fraction of sp³-hybridized carbons (Fsp3) is 0.120. The van der Waals surface area contributed by atoms with Gasteiger partial charge in [-0.15, -0.1) is 0 Å². The highest BCUT2D eigenvalue weighted by molar-refractivity contribution is 6.20. The molecule has 0 aliphatic heterocycles. The second-order valence-electron chi connectivity index (χ2n) is 7.12. The minimum absolute atomic E-state index is 0.0635. The van der Waals surface area contributed by atoms with Gasteiger partial charge in [0.05, 0.1) is 17.1 Å². The minimum atomic E-state index is -0.540. The lowest BCUT2D eigenvalue weighted by molar-refractivity contribution is -0.384. The first-order chi connectivity index (χ1) is 16.1. The Kier molecular flexibility index (Phi) is 6.45. The number of carbonyl (C=O) groups excluding carboxylic acids is 1. The highest BCUT2D eigenvalue weighted by Gasteiger charge is 2.21. The summed E-state index contributed by atoms with van der Waals surface area (Å²) >= 11 is 0. The van der Waals surface area contributed by atoms with Crippen LogP contribution in [0.2, 0.25) is 0 Å². The van der Waals surface area contributed by atoms with E-state index in [1.165, 1.54) is 6.07 Å². The molecule has 0 spiro atoms. The molecule has 0 aliphatic carbocycles. The number of hydrogen-bond donors (Lipinski definition) is 0. The summed E-state index contributed by atoms with van der Waals surface area (Å²) < 4.78 is 13.0. The molecule has 8 nitrogen and oxygen atoms in total. The van der Waals surface area contributed by atoms with Crippen molar-refractivity contribution >= 4 is 23.3 Å². The number of rotatable bonds is 8. The normalized spacial score (nSPS) is 11.4. The largest absolute Gasteiger partial charge is 0.462 e. The Balaban J connectivity index is 1.72. The van der Waals surface area contributed by atoms with Crippen molar-refractivity contribution in [3.05, 3.63) is 106 Å². The van der Waals surface area contributed by atoms with Gasteiger partial charge in [0, 0.05) is 25.0 Å². The first kappa shape index (κ1) is 21.8. The van der Waals surface area contributed by atoms with Crippen LogP contribution >= 0.6 is 0 Å². The third kappa shape index (κ3) is 4.90. The van der Waals surface area contributed by atoms with Crippen molar-refractivity contribution in [2.24, 2.45) is 0 Å². The van der Waals surface area contributed by atoms with Gasteiger partial charge in [0.2, 0.25) is 0 Å². The molecule has 8 heteroatoms. The van der Waals surface area contributed by atoms with E-state index in [0.29, 0.717) is 29.5 Å². The van der Waals surface area contributed by atoms with Gasteiger partial charge in [0.15, 0.2) is 0 Å². The van der Waals surface area contributed by atoms with Crippen molar-refractivity contribution in [1.82, 2.24) is 9.55 Å². The summed E-state index contributed by atoms with van der Waals surface area (Å²) in [5.74, 6) is 0.562. The number of imidazole rings is 1. The fourth-order valence-electron chi connectivity index (χ4n) is 3.44. The van der Waals surface area contributed by atoms with E-state index >= 15 is 0 Å². The first-order valence-corrected chi connectivity index (χ1v) is 10.3. The molecule has 0 saturated heterocycles. The Labute approximate surface area is 189 Å². The summed E-state index contributed by atoms with van der Waals surface area (Å²) in [4.78, 5) is 28.1. The molecular formula is C25H21N3O5. The van der Waals surface area contributed by atoms with Gasteiger partial charge in [-0.3, -0.25) is 10.1 Å². The van der Waals surface area contributed by atoms with E-state index in [1.54, 1.807) is 55.7 Å². The molecule has 4 aromatic rings. The monoisotopic (exact) mass is 443 g/mol. The summed E-state index contributed by atoms with van der Waals surface area (Å²) in [7, 11) is 0. The zero-order valence-corrected chi connectivity index (χ0v) is 17.9. The molecule has 2 aromatic carbocycles. The van der Waals surface area contributed by atoms with Crippen LogP contribution < -0.4 is 0 Å². The van der Waals surface area contributed by atoms with Crippen molar-refractivity contribution < 1.29 is 18.9 Å². The van der Waals surface area contributed by atoms with Gasteiger partial charge >= 0.3 is 5.97 Å². The summed E-state index contributed by atoms with van der Waals surface area (Å²) in [5.41, 5.74) is 1.56. The van der Waals surface area contributed by atoms with E-state index in [-0.39, 0.29) is 17.9 Å². The van der Waals surface area contributed by atoms with Crippen LogP contribution in [0.1, 0.15) is 24.1 Å². The van der Waals surface area contributed by atoms with Crippen LogP contribution in [0, 0.1) is 10.1 Å². The number of aromatic nitrogens is 2. The summed E-state index contributed by atoms with van der Waals surface area (Å²) in [6.07, 6.45) is 4.95. The number of furan rings is 1. The molecule has 166 valence electrons. The molecule has 2 heterocycles. The second kappa shape index (κ2) is 9.78. The Hall–Kier alpha value is -4.46. The summed E-state index contributed by atoms with van der Waals surface area (Å²) in [6, 6.07) is 19.4. The van der Waals surface area contributed by atoms with Crippen LogP contribution in [0.4, 0.5) is 5.69 Å². The smallest absolute Gasteiger partial charge is 0.342 e. The molecule has 0 saturated carbocycles. The Bertz CT molecular complexity index is 1300. The van der Waals surface area contributed by atoms with Gasteiger partial charge in [-0.1, -0.05) is 42.5 Å². The Morgan fingerprint density at radius 3 is 2.64 bits per heavy atom. The van der Waals surface area contributed by atoms with Crippen molar-refractivity contribution in [1.29, 1.82) is 0 Å². The van der Waals surface area contributed by atoms with Gasteiger partial charge in [0.25, 0.3) is 5.69 Å². The second-order valence-corrected chi connectivity index (χ2v) is 7.12. The van der Waals surface area contributed by atoms with E-state index in [9.17, 15) is 14.9 Å². The van der Waals surface area contributed by atoms with E-state index in [2.05, 4.69) is 4.98 Å². The van der Waals surface area contributed by atoms with Gasteiger partial charge in [0.1, 0.15) is 22.9 Å². The van der Waals surface area contributed by atoms with Crippen molar-refractivity contribution in [3.63, 3.8) is 0 Å². The van der Waals surface area contributed by atoms with Crippen LogP contribution in [-0.2, 0) is 16.1 Å². The van der Waals surface area contributed by atoms with Gasteiger partial charge in [-0.2, -0.15) is 0 Å². The number of para-hydroxylation sites is 1. The SMILES string of the molecule is CCOC(=O)/C(=C/c1ccc(-c2ccccc2[N+](=O)[O-])o1)c1nccn1Cc1ccccc1. The topological polar surface area (TPSA) is 100 Å². The summed E-state index contributed by atoms with van der Waals surface area (Å²) in [5, 5.41) is 11.4. The van der Waals surface area contributed by atoms with Crippen molar-refractivity contribution in [3.8, 4) is 11.3 Å². The van der Waals surface area contributed by atoms with Gasteiger partial charge < -0.3 is 13.7 Å². The molecule has 0 amide bonds. The number of ether oxygens (including phenoxy) is 1. The molecule has 33 heavy (non-hydrogen) atoms. The zero-order chi connectivity index (χ0) is 23.2. The Morgan fingerprint density at radius 2 is 1.88 bits per heavy atom. The molecule has 0 N–H and O–H groups in total. The number of hydrogen-bond acceptors (Lipinski definition) is 6. The lowest BCUT2D eigenvalue weighted by Gasteiger charge is -2.10. The number of nitro benzene ring substituents is 1. The van der Waals surface area contributed by atoms with E-state index < -0.39 is 10.9 Å². The molecule has 0 aliphatic rings. The molecule has 0 fully saturated rings. The fourth-order valence-corrected chi connectivity index (χ4v) is 3.44. The maximum absolute atomic E-state index is 12.8. The maximum Gasteiger partial charge on any atom is 0.342 e. The molecule has 0 bridgehead atoms. The molecule has 0 atom stereocenters. The predicted molar refractivity (Wildman–Crippen MR) is 123 cm³/mol. The third-order valence-corrected chi connectivity index (χ3v) is 4.93. The number of nitro groups is 1. The average Bonchev–Trinajstić information content (AvgIpc) is 3.48. The zero-order valence-electron chi connectivity index (χ0n) is 17.9.